The maximum Gasteiger partial charge on any atom is 0.0488 e. The molecule has 0 saturated heterocycles. The van der Waals surface area contributed by atoms with Crippen LogP contribution in [0.15, 0.2) is 24.3 Å². The molecule has 1 aromatic rings. The lowest BCUT2D eigenvalue weighted by Crippen LogP contribution is -2.36. The molecular weight excluding hydrogens is 244 g/mol. The molecule has 0 amide bonds. The maximum absolute atomic E-state index is 5.88. The molecule has 3 N–H and O–H groups in total. The zero-order valence-electron chi connectivity index (χ0n) is 13.3. The zero-order chi connectivity index (χ0) is 14.6. The summed E-state index contributed by atoms with van der Waals surface area (Å²) in [5.41, 5.74) is 6.39. The predicted molar refractivity (Wildman–Crippen MR) is 86.2 cm³/mol. The maximum atomic E-state index is 5.88. The number of hydrazine groups is 1. The molecule has 1 saturated carbocycles. The van der Waals surface area contributed by atoms with Gasteiger partial charge in [-0.1, -0.05) is 51.5 Å². The fourth-order valence-corrected chi connectivity index (χ4v) is 3.49. The highest BCUT2D eigenvalue weighted by Crippen LogP contribution is 2.42. The highest BCUT2D eigenvalue weighted by atomic mass is 15.2. The summed E-state index contributed by atoms with van der Waals surface area (Å²) in [5, 5.41) is 0. The standard InChI is InChI=1S/C18H30N2/c1-4-6-14-7-5-8-16(13-14)17(20-19)15-9-11-18(2,3)12-10-15/h5,7-8,13,15,17,20H,4,6,9-12,19H2,1-3H3. The summed E-state index contributed by atoms with van der Waals surface area (Å²) in [4.78, 5) is 0. The first-order chi connectivity index (χ1) is 9.55. The van der Waals surface area contributed by atoms with E-state index in [1.807, 2.05) is 0 Å². The SMILES string of the molecule is CCCc1cccc(C(NN)C2CCC(C)(C)CC2)c1. The summed E-state index contributed by atoms with van der Waals surface area (Å²) < 4.78 is 0. The molecule has 0 heterocycles. The van der Waals surface area contributed by atoms with Crippen molar-refractivity contribution in [2.24, 2.45) is 17.2 Å². The van der Waals surface area contributed by atoms with E-state index >= 15 is 0 Å². The monoisotopic (exact) mass is 274 g/mol. The van der Waals surface area contributed by atoms with Gasteiger partial charge in [0.05, 0.1) is 0 Å². The quantitative estimate of drug-likeness (QED) is 0.618. The lowest BCUT2D eigenvalue weighted by atomic mass is 9.70. The van der Waals surface area contributed by atoms with E-state index in [1.165, 1.54) is 43.2 Å². The van der Waals surface area contributed by atoms with Gasteiger partial charge in [0, 0.05) is 6.04 Å². The third-order valence-electron chi connectivity index (χ3n) is 4.88. The van der Waals surface area contributed by atoms with Crippen LogP contribution < -0.4 is 11.3 Å². The molecule has 1 aliphatic rings. The lowest BCUT2D eigenvalue weighted by molar-refractivity contribution is 0.161. The fraction of sp³-hybridized carbons (Fsp3) is 0.667. The average molecular weight is 274 g/mol. The van der Waals surface area contributed by atoms with Crippen LogP contribution in [0.4, 0.5) is 0 Å². The van der Waals surface area contributed by atoms with Crippen molar-refractivity contribution < 1.29 is 0 Å². The third-order valence-corrected chi connectivity index (χ3v) is 4.88. The molecule has 20 heavy (non-hydrogen) atoms. The minimum absolute atomic E-state index is 0.308. The summed E-state index contributed by atoms with van der Waals surface area (Å²) in [7, 11) is 0. The van der Waals surface area contributed by atoms with Crippen molar-refractivity contribution in [2.45, 2.75) is 65.3 Å². The van der Waals surface area contributed by atoms with Crippen LogP contribution in [-0.2, 0) is 6.42 Å². The Labute approximate surface area is 124 Å². The van der Waals surface area contributed by atoms with Crippen LogP contribution in [0, 0.1) is 11.3 Å². The summed E-state index contributed by atoms with van der Waals surface area (Å²) in [6.45, 7) is 7.00. The second kappa shape index (κ2) is 6.73. The van der Waals surface area contributed by atoms with Gasteiger partial charge >= 0.3 is 0 Å². The molecule has 2 rings (SSSR count). The van der Waals surface area contributed by atoms with Gasteiger partial charge in [0.1, 0.15) is 0 Å². The van der Waals surface area contributed by atoms with Gasteiger partial charge in [0.2, 0.25) is 0 Å². The van der Waals surface area contributed by atoms with E-state index in [2.05, 4.69) is 50.5 Å². The molecule has 1 aromatic carbocycles. The molecule has 0 aliphatic heterocycles. The van der Waals surface area contributed by atoms with Gasteiger partial charge in [-0.25, -0.2) is 0 Å². The predicted octanol–water partition coefficient (Wildman–Crippen LogP) is 4.36. The Kier molecular flexibility index (Phi) is 5.22. The van der Waals surface area contributed by atoms with Gasteiger partial charge in [-0.15, -0.1) is 0 Å². The number of hydrogen-bond acceptors (Lipinski definition) is 2. The zero-order valence-corrected chi connectivity index (χ0v) is 13.3. The second-order valence-electron chi connectivity index (χ2n) is 7.14. The van der Waals surface area contributed by atoms with Crippen molar-refractivity contribution in [3.05, 3.63) is 35.4 Å². The third kappa shape index (κ3) is 3.83. The van der Waals surface area contributed by atoms with Crippen molar-refractivity contribution in [1.29, 1.82) is 0 Å². The van der Waals surface area contributed by atoms with Crippen molar-refractivity contribution in [2.75, 3.05) is 0 Å². The Hall–Kier alpha value is -0.860. The first kappa shape index (κ1) is 15.5. The summed E-state index contributed by atoms with van der Waals surface area (Å²) >= 11 is 0. The first-order valence-corrected chi connectivity index (χ1v) is 8.10. The van der Waals surface area contributed by atoms with Crippen molar-refractivity contribution in [3.8, 4) is 0 Å². The molecule has 2 heteroatoms. The molecule has 1 unspecified atom stereocenters. The molecule has 0 spiro atoms. The summed E-state index contributed by atoms with van der Waals surface area (Å²) in [5.74, 6) is 6.55. The Balaban J connectivity index is 2.10. The largest absolute Gasteiger partial charge is 0.271 e. The highest BCUT2D eigenvalue weighted by Gasteiger charge is 2.31. The first-order valence-electron chi connectivity index (χ1n) is 8.10. The van der Waals surface area contributed by atoms with Crippen LogP contribution in [0.1, 0.15) is 70.0 Å². The van der Waals surface area contributed by atoms with Gasteiger partial charge in [-0.05, 0) is 54.6 Å². The number of benzene rings is 1. The molecule has 0 radical (unpaired) electrons. The topological polar surface area (TPSA) is 38.0 Å². The van der Waals surface area contributed by atoms with Gasteiger partial charge in [-0.3, -0.25) is 11.3 Å². The number of hydrogen-bond donors (Lipinski definition) is 2. The fourth-order valence-electron chi connectivity index (χ4n) is 3.49. The Bertz CT molecular complexity index is 415. The number of nitrogens with two attached hydrogens (primary N) is 1. The van der Waals surface area contributed by atoms with E-state index in [9.17, 15) is 0 Å². The number of nitrogens with one attached hydrogen (secondary N) is 1. The Morgan fingerprint density at radius 3 is 2.60 bits per heavy atom. The van der Waals surface area contributed by atoms with E-state index in [0.29, 0.717) is 17.4 Å². The minimum Gasteiger partial charge on any atom is -0.271 e. The second-order valence-corrected chi connectivity index (χ2v) is 7.14. The van der Waals surface area contributed by atoms with Crippen LogP contribution in [0.3, 0.4) is 0 Å². The summed E-state index contributed by atoms with van der Waals surface area (Å²) in [6, 6.07) is 9.28. The van der Waals surface area contributed by atoms with Crippen LogP contribution in [-0.4, -0.2) is 0 Å². The van der Waals surface area contributed by atoms with Crippen LogP contribution in [0.25, 0.3) is 0 Å². The van der Waals surface area contributed by atoms with E-state index < -0.39 is 0 Å². The van der Waals surface area contributed by atoms with Gasteiger partial charge in [0.25, 0.3) is 0 Å². The van der Waals surface area contributed by atoms with Gasteiger partial charge < -0.3 is 0 Å². The van der Waals surface area contributed by atoms with E-state index in [4.69, 9.17) is 5.84 Å². The molecule has 1 aliphatic carbocycles. The molecule has 2 nitrogen and oxygen atoms in total. The van der Waals surface area contributed by atoms with Gasteiger partial charge in [-0.2, -0.15) is 0 Å². The van der Waals surface area contributed by atoms with Crippen LogP contribution in [0.2, 0.25) is 0 Å². The molecule has 0 aromatic heterocycles. The molecule has 1 atom stereocenters. The van der Waals surface area contributed by atoms with Crippen LogP contribution >= 0.6 is 0 Å². The highest BCUT2D eigenvalue weighted by molar-refractivity contribution is 5.26. The number of rotatable bonds is 5. The van der Waals surface area contributed by atoms with Crippen LogP contribution in [0.5, 0.6) is 0 Å². The molecule has 0 bridgehead atoms. The summed E-state index contributed by atoms with van der Waals surface area (Å²) in [6.07, 6.45) is 7.53. The van der Waals surface area contributed by atoms with Crippen molar-refractivity contribution in [3.63, 3.8) is 0 Å². The number of aryl methyl sites for hydroxylation is 1. The van der Waals surface area contributed by atoms with E-state index in [1.54, 1.807) is 0 Å². The molecular formula is C18H30N2. The van der Waals surface area contributed by atoms with E-state index in [-0.39, 0.29) is 0 Å². The average Bonchev–Trinajstić information content (AvgIpc) is 2.42. The van der Waals surface area contributed by atoms with E-state index in [0.717, 1.165) is 6.42 Å². The normalized spacial score (nSPS) is 20.8. The molecule has 1 fully saturated rings. The molecule has 112 valence electrons. The smallest absolute Gasteiger partial charge is 0.0488 e. The Morgan fingerprint density at radius 1 is 1.30 bits per heavy atom. The van der Waals surface area contributed by atoms with Gasteiger partial charge in [0.15, 0.2) is 0 Å². The Morgan fingerprint density at radius 2 is 2.00 bits per heavy atom. The minimum atomic E-state index is 0.308. The van der Waals surface area contributed by atoms with Crippen molar-refractivity contribution in [1.82, 2.24) is 5.43 Å². The lowest BCUT2D eigenvalue weighted by Gasteiger charge is -2.38. The van der Waals surface area contributed by atoms with Crippen molar-refractivity contribution >= 4 is 0 Å².